The van der Waals surface area contributed by atoms with Gasteiger partial charge in [-0.3, -0.25) is 9.56 Å². The fraction of sp³-hybridized carbons (Fsp3) is 0.100. The van der Waals surface area contributed by atoms with E-state index in [1.807, 2.05) is 13.4 Å². The van der Waals surface area contributed by atoms with Crippen molar-refractivity contribution in [1.82, 2.24) is 14.0 Å². The summed E-state index contributed by atoms with van der Waals surface area (Å²) in [4.78, 5) is 16.2. The summed E-state index contributed by atoms with van der Waals surface area (Å²) in [6, 6.07) is 32.4. The number of benzene rings is 4. The van der Waals surface area contributed by atoms with Crippen LogP contribution in [-0.2, 0) is 0 Å². The minimum absolute atomic E-state index is 0.0618. The van der Waals surface area contributed by atoms with Gasteiger partial charge in [-0.15, -0.1) is 0 Å². The fourth-order valence-electron chi connectivity index (χ4n) is 5.89. The lowest BCUT2D eigenvalue weighted by Crippen LogP contribution is -2.41. The van der Waals surface area contributed by atoms with E-state index in [1.54, 1.807) is 6.34 Å². The van der Waals surface area contributed by atoms with Gasteiger partial charge >= 0.3 is 0 Å². The van der Waals surface area contributed by atoms with E-state index >= 15 is 0 Å². The average Bonchev–Trinajstić information content (AvgIpc) is 3.57. The third kappa shape index (κ3) is 2.53. The quantitative estimate of drug-likeness (QED) is 0.300. The molecule has 0 N–H and O–H groups in total. The van der Waals surface area contributed by atoms with Gasteiger partial charge in [0.25, 0.3) is 0 Å². The van der Waals surface area contributed by atoms with Crippen LogP contribution in [-0.4, -0.2) is 51.8 Å². The summed E-state index contributed by atoms with van der Waals surface area (Å²) >= 11 is 0. The first-order valence-corrected chi connectivity index (χ1v) is 12.2. The van der Waals surface area contributed by atoms with E-state index in [0.717, 1.165) is 22.6 Å². The maximum atomic E-state index is 4.79. The van der Waals surface area contributed by atoms with Gasteiger partial charge in [0.15, 0.2) is 12.2 Å². The van der Waals surface area contributed by atoms with Crippen molar-refractivity contribution in [2.45, 2.75) is 12.2 Å². The number of hydrogen-bond acceptors (Lipinski definition) is 4. The lowest BCUT2D eigenvalue weighted by Gasteiger charge is -2.25. The van der Waals surface area contributed by atoms with Gasteiger partial charge in [0.2, 0.25) is 0 Å². The van der Waals surface area contributed by atoms with E-state index in [1.165, 1.54) is 32.6 Å². The van der Waals surface area contributed by atoms with Crippen LogP contribution in [0.25, 0.3) is 49.3 Å². The summed E-state index contributed by atoms with van der Waals surface area (Å²) in [6.45, 7) is 0. The number of nitrogens with zero attached hydrogens (tertiary/aromatic N) is 6. The van der Waals surface area contributed by atoms with Crippen molar-refractivity contribution in [3.63, 3.8) is 0 Å². The summed E-state index contributed by atoms with van der Waals surface area (Å²) in [5, 5.41) is 4.92. The van der Waals surface area contributed by atoms with E-state index in [4.69, 9.17) is 9.98 Å². The predicted molar refractivity (Wildman–Crippen MR) is 149 cm³/mol. The molecular formula is C30H22N6. The van der Waals surface area contributed by atoms with Crippen LogP contribution in [0, 0.1) is 0 Å². The van der Waals surface area contributed by atoms with Crippen molar-refractivity contribution >= 4 is 62.1 Å². The first kappa shape index (κ1) is 19.6. The zero-order chi connectivity index (χ0) is 23.8. The van der Waals surface area contributed by atoms with Gasteiger partial charge in [-0.05, 0) is 36.4 Å². The molecule has 0 radical (unpaired) electrons. The first-order valence-electron chi connectivity index (χ1n) is 12.2. The number of para-hydroxylation sites is 3. The molecule has 0 bridgehead atoms. The molecule has 6 heteroatoms. The van der Waals surface area contributed by atoms with Gasteiger partial charge in [0, 0.05) is 34.3 Å². The largest absolute Gasteiger partial charge is 0.342 e. The molecule has 0 fully saturated rings. The van der Waals surface area contributed by atoms with Crippen LogP contribution in [0.1, 0.15) is 0 Å². The summed E-state index contributed by atoms with van der Waals surface area (Å²) in [7, 11) is 2.02. The average molecular weight is 467 g/mol. The van der Waals surface area contributed by atoms with E-state index in [2.05, 4.69) is 110 Å². The van der Waals surface area contributed by atoms with Gasteiger partial charge in [-0.25, -0.2) is 9.98 Å². The monoisotopic (exact) mass is 466 g/mol. The second kappa shape index (κ2) is 7.15. The molecule has 8 rings (SSSR count). The third-order valence-electron chi connectivity index (χ3n) is 7.49. The predicted octanol–water partition coefficient (Wildman–Crippen LogP) is 5.85. The fourth-order valence-corrected chi connectivity index (χ4v) is 5.89. The third-order valence-corrected chi connectivity index (χ3v) is 7.49. The van der Waals surface area contributed by atoms with Crippen LogP contribution in [0.4, 0.5) is 0 Å². The smallest absolute Gasteiger partial charge is 0.153 e. The zero-order valence-electron chi connectivity index (χ0n) is 19.7. The van der Waals surface area contributed by atoms with E-state index < -0.39 is 0 Å². The molecule has 2 atom stereocenters. The summed E-state index contributed by atoms with van der Waals surface area (Å²) < 4.78 is 4.65. The Balaban J connectivity index is 1.52. The van der Waals surface area contributed by atoms with Crippen molar-refractivity contribution in [3.8, 4) is 5.69 Å². The molecule has 2 aliphatic rings. The molecule has 0 spiro atoms. The van der Waals surface area contributed by atoms with Crippen LogP contribution in [0.5, 0.6) is 0 Å². The van der Waals surface area contributed by atoms with Crippen molar-refractivity contribution in [1.29, 1.82) is 0 Å². The van der Waals surface area contributed by atoms with Crippen LogP contribution >= 0.6 is 0 Å². The lowest BCUT2D eigenvalue weighted by molar-refractivity contribution is 0.399. The molecule has 0 saturated carbocycles. The lowest BCUT2D eigenvalue weighted by atomic mass is 10.1. The number of fused-ring (bicyclic) bond motifs is 7. The first-order chi connectivity index (χ1) is 17.8. The molecule has 0 saturated heterocycles. The van der Waals surface area contributed by atoms with Crippen LogP contribution in [0.3, 0.4) is 0 Å². The molecule has 2 aromatic heterocycles. The molecule has 0 amide bonds. The van der Waals surface area contributed by atoms with Gasteiger partial charge in [-0.2, -0.15) is 0 Å². The maximum Gasteiger partial charge on any atom is 0.153 e. The topological polar surface area (TPSA) is 50.2 Å². The summed E-state index contributed by atoms with van der Waals surface area (Å²) in [5.74, 6) is 0.906. The Kier molecular flexibility index (Phi) is 3.89. The number of likely N-dealkylation sites (N-methyl/N-ethyl adjacent to an activating group) is 1. The molecule has 2 unspecified atom stereocenters. The van der Waals surface area contributed by atoms with Crippen molar-refractivity contribution in [3.05, 3.63) is 91.0 Å². The standard InChI is InChI=1S/C30H22N6/c1-34-18-33-28-29(34)31-17-32-30(28)36-25-14-8-6-12-21(25)23-15-22-20-11-5-7-13-24(20)35(26(22)16-27(23)36)19-9-3-2-4-10-19/h2-18,28-29H,1H3. The molecule has 6 nitrogen and oxygen atoms in total. The zero-order valence-corrected chi connectivity index (χ0v) is 19.7. The molecule has 172 valence electrons. The van der Waals surface area contributed by atoms with Gasteiger partial charge in [0.1, 0.15) is 12.2 Å². The molecule has 2 aliphatic heterocycles. The number of hydrogen-bond donors (Lipinski definition) is 0. The molecule has 0 aliphatic carbocycles. The van der Waals surface area contributed by atoms with Gasteiger partial charge in [-0.1, -0.05) is 54.6 Å². The second-order valence-corrected chi connectivity index (χ2v) is 9.47. The van der Waals surface area contributed by atoms with E-state index in [0.29, 0.717) is 0 Å². The van der Waals surface area contributed by atoms with E-state index in [9.17, 15) is 0 Å². The SMILES string of the molecule is CN1C=NC2C(n3c4ccccc4c4cc5c6ccccc6n(-c6ccccc6)c5cc43)=NC=NC21. The highest BCUT2D eigenvalue weighted by molar-refractivity contribution is 6.22. The Hall–Kier alpha value is -4.71. The minimum atomic E-state index is -0.144. The highest BCUT2D eigenvalue weighted by Crippen LogP contribution is 2.39. The minimum Gasteiger partial charge on any atom is -0.342 e. The normalized spacial score (nSPS) is 19.1. The Morgan fingerprint density at radius 1 is 0.611 bits per heavy atom. The van der Waals surface area contributed by atoms with E-state index in [-0.39, 0.29) is 12.2 Å². The number of rotatable bonds is 1. The van der Waals surface area contributed by atoms with Gasteiger partial charge < -0.3 is 9.47 Å². The van der Waals surface area contributed by atoms with Crippen molar-refractivity contribution in [2.75, 3.05) is 7.05 Å². The summed E-state index contributed by atoms with van der Waals surface area (Å²) in [6.07, 6.45) is 3.49. The summed E-state index contributed by atoms with van der Waals surface area (Å²) in [5.41, 5.74) is 5.78. The molecule has 6 aromatic rings. The highest BCUT2D eigenvalue weighted by Gasteiger charge is 2.36. The van der Waals surface area contributed by atoms with Crippen LogP contribution < -0.4 is 0 Å². The molecule has 4 aromatic carbocycles. The Bertz CT molecular complexity index is 1920. The van der Waals surface area contributed by atoms with Gasteiger partial charge in [0.05, 0.1) is 28.4 Å². The molecule has 36 heavy (non-hydrogen) atoms. The molecular weight excluding hydrogens is 444 g/mol. The molecule has 4 heterocycles. The number of aromatic nitrogens is 2. The second-order valence-electron chi connectivity index (χ2n) is 9.47. The highest BCUT2D eigenvalue weighted by atomic mass is 15.3. The van der Waals surface area contributed by atoms with Crippen LogP contribution in [0.2, 0.25) is 0 Å². The van der Waals surface area contributed by atoms with Crippen molar-refractivity contribution in [2.24, 2.45) is 15.0 Å². The Morgan fingerprint density at radius 3 is 2.00 bits per heavy atom. The number of aliphatic imine (C=N–C) groups is 3. The Labute approximate surface area is 207 Å². The van der Waals surface area contributed by atoms with Crippen LogP contribution in [0.15, 0.2) is 106 Å². The maximum absolute atomic E-state index is 4.79. The Morgan fingerprint density at radius 2 is 1.25 bits per heavy atom. The van der Waals surface area contributed by atoms with Crippen molar-refractivity contribution < 1.29 is 0 Å².